The van der Waals surface area contributed by atoms with Crippen molar-refractivity contribution >= 4 is 0 Å². The van der Waals surface area contributed by atoms with Gasteiger partial charge in [0.05, 0.1) is 0 Å². The first-order valence-electron chi connectivity index (χ1n) is 7.56. The standard InChI is InChI=1S/C14H29N3/c15-8-5-9-16-10-12-17(13-11-16)14-6-3-1-2-4-7-14/h14H,1-13,15H2. The molecule has 0 amide bonds. The van der Waals surface area contributed by atoms with Crippen molar-refractivity contribution in [1.82, 2.24) is 9.80 Å². The second kappa shape index (κ2) is 7.34. The van der Waals surface area contributed by atoms with Gasteiger partial charge in [0.15, 0.2) is 0 Å². The van der Waals surface area contributed by atoms with E-state index in [0.717, 1.165) is 19.0 Å². The minimum Gasteiger partial charge on any atom is -0.330 e. The van der Waals surface area contributed by atoms with Crippen LogP contribution in [0, 0.1) is 0 Å². The molecule has 0 bridgehead atoms. The average Bonchev–Trinajstić information content (AvgIpc) is 2.66. The van der Waals surface area contributed by atoms with Crippen LogP contribution in [0.15, 0.2) is 0 Å². The number of piperazine rings is 1. The summed E-state index contributed by atoms with van der Waals surface area (Å²) in [5.74, 6) is 0. The fraction of sp³-hybridized carbons (Fsp3) is 1.00. The van der Waals surface area contributed by atoms with Crippen LogP contribution in [0.2, 0.25) is 0 Å². The Balaban J connectivity index is 1.70. The van der Waals surface area contributed by atoms with Crippen LogP contribution in [0.25, 0.3) is 0 Å². The van der Waals surface area contributed by atoms with Crippen LogP contribution in [0.3, 0.4) is 0 Å². The van der Waals surface area contributed by atoms with E-state index in [0.29, 0.717) is 0 Å². The first-order valence-corrected chi connectivity index (χ1v) is 7.56. The largest absolute Gasteiger partial charge is 0.330 e. The summed E-state index contributed by atoms with van der Waals surface area (Å²) in [5, 5.41) is 0. The number of rotatable bonds is 4. The summed E-state index contributed by atoms with van der Waals surface area (Å²) in [6, 6.07) is 0.897. The Kier molecular flexibility index (Phi) is 5.75. The van der Waals surface area contributed by atoms with E-state index >= 15 is 0 Å². The van der Waals surface area contributed by atoms with Gasteiger partial charge >= 0.3 is 0 Å². The molecule has 0 aromatic carbocycles. The molecule has 2 aliphatic rings. The molecule has 1 heterocycles. The van der Waals surface area contributed by atoms with Crippen LogP contribution < -0.4 is 5.73 Å². The Labute approximate surface area is 106 Å². The molecule has 3 heteroatoms. The van der Waals surface area contributed by atoms with E-state index in [1.54, 1.807) is 0 Å². The predicted octanol–water partition coefficient (Wildman–Crippen LogP) is 1.68. The highest BCUT2D eigenvalue weighted by atomic mass is 15.3. The third-order valence-corrected chi connectivity index (χ3v) is 4.43. The molecule has 0 spiro atoms. The van der Waals surface area contributed by atoms with Crippen LogP contribution >= 0.6 is 0 Å². The van der Waals surface area contributed by atoms with Crippen LogP contribution in [0.5, 0.6) is 0 Å². The van der Waals surface area contributed by atoms with Gasteiger partial charge in [-0.1, -0.05) is 25.7 Å². The fourth-order valence-corrected chi connectivity index (χ4v) is 3.29. The van der Waals surface area contributed by atoms with Crippen molar-refractivity contribution in [3.8, 4) is 0 Å². The Morgan fingerprint density at radius 3 is 2.12 bits per heavy atom. The van der Waals surface area contributed by atoms with Crippen LogP contribution in [0.1, 0.15) is 44.9 Å². The van der Waals surface area contributed by atoms with Crippen molar-refractivity contribution in [2.24, 2.45) is 5.73 Å². The Morgan fingerprint density at radius 1 is 0.882 bits per heavy atom. The molecule has 0 radical (unpaired) electrons. The molecule has 17 heavy (non-hydrogen) atoms. The normalized spacial score (nSPS) is 25.9. The summed E-state index contributed by atoms with van der Waals surface area (Å²) >= 11 is 0. The number of hydrogen-bond acceptors (Lipinski definition) is 3. The Bertz CT molecular complexity index is 192. The highest BCUT2D eigenvalue weighted by Crippen LogP contribution is 2.22. The summed E-state index contributed by atoms with van der Waals surface area (Å²) in [6.45, 7) is 7.13. The predicted molar refractivity (Wildman–Crippen MR) is 73.2 cm³/mol. The van der Waals surface area contributed by atoms with E-state index < -0.39 is 0 Å². The summed E-state index contributed by atoms with van der Waals surface area (Å²) in [4.78, 5) is 5.34. The second-order valence-corrected chi connectivity index (χ2v) is 5.67. The first kappa shape index (κ1) is 13.3. The third-order valence-electron chi connectivity index (χ3n) is 4.43. The average molecular weight is 239 g/mol. The van der Waals surface area contributed by atoms with Gasteiger partial charge in [-0.2, -0.15) is 0 Å². The number of nitrogens with zero attached hydrogens (tertiary/aromatic N) is 2. The molecule has 100 valence electrons. The van der Waals surface area contributed by atoms with Crippen molar-refractivity contribution in [3.05, 3.63) is 0 Å². The van der Waals surface area contributed by atoms with Gasteiger partial charge in [0.2, 0.25) is 0 Å². The van der Waals surface area contributed by atoms with Crippen molar-refractivity contribution in [2.75, 3.05) is 39.3 Å². The van der Waals surface area contributed by atoms with Gasteiger partial charge in [-0.3, -0.25) is 4.90 Å². The minimum absolute atomic E-state index is 0.836. The van der Waals surface area contributed by atoms with Crippen molar-refractivity contribution < 1.29 is 0 Å². The second-order valence-electron chi connectivity index (χ2n) is 5.67. The zero-order valence-electron chi connectivity index (χ0n) is 11.2. The van der Waals surface area contributed by atoms with Crippen molar-refractivity contribution in [3.63, 3.8) is 0 Å². The smallest absolute Gasteiger partial charge is 0.0113 e. The molecule has 1 saturated heterocycles. The summed E-state index contributed by atoms with van der Waals surface area (Å²) in [5.41, 5.74) is 5.57. The van der Waals surface area contributed by atoms with E-state index in [-0.39, 0.29) is 0 Å². The molecule has 2 rings (SSSR count). The van der Waals surface area contributed by atoms with E-state index in [4.69, 9.17) is 5.73 Å². The zero-order valence-corrected chi connectivity index (χ0v) is 11.2. The molecule has 0 aromatic rings. The fourth-order valence-electron chi connectivity index (χ4n) is 3.29. The van der Waals surface area contributed by atoms with Gasteiger partial charge in [-0.25, -0.2) is 0 Å². The lowest BCUT2D eigenvalue weighted by Gasteiger charge is -2.39. The molecule has 1 aliphatic carbocycles. The summed E-state index contributed by atoms with van der Waals surface area (Å²) < 4.78 is 0. The molecule has 1 aliphatic heterocycles. The van der Waals surface area contributed by atoms with Crippen LogP contribution in [-0.4, -0.2) is 55.1 Å². The van der Waals surface area contributed by atoms with Crippen molar-refractivity contribution in [1.29, 1.82) is 0 Å². The topological polar surface area (TPSA) is 32.5 Å². The quantitative estimate of drug-likeness (QED) is 0.758. The molecular weight excluding hydrogens is 210 g/mol. The van der Waals surface area contributed by atoms with Gasteiger partial charge in [0.25, 0.3) is 0 Å². The van der Waals surface area contributed by atoms with Crippen molar-refractivity contribution in [2.45, 2.75) is 51.0 Å². The third kappa shape index (κ3) is 4.23. The lowest BCUT2D eigenvalue weighted by atomic mass is 10.1. The lowest BCUT2D eigenvalue weighted by Crippen LogP contribution is -2.50. The number of hydrogen-bond donors (Lipinski definition) is 1. The maximum absolute atomic E-state index is 5.57. The van der Waals surface area contributed by atoms with Gasteiger partial charge in [0, 0.05) is 32.2 Å². The highest BCUT2D eigenvalue weighted by molar-refractivity contribution is 4.80. The van der Waals surface area contributed by atoms with E-state index in [9.17, 15) is 0 Å². The van der Waals surface area contributed by atoms with Crippen LogP contribution in [0.4, 0.5) is 0 Å². The Morgan fingerprint density at radius 2 is 1.53 bits per heavy atom. The van der Waals surface area contributed by atoms with Gasteiger partial charge in [-0.05, 0) is 32.4 Å². The zero-order chi connectivity index (χ0) is 11.9. The maximum Gasteiger partial charge on any atom is 0.0113 e. The van der Waals surface area contributed by atoms with E-state index in [1.165, 1.54) is 71.2 Å². The van der Waals surface area contributed by atoms with Gasteiger partial charge in [0.1, 0.15) is 0 Å². The van der Waals surface area contributed by atoms with Crippen LogP contribution in [-0.2, 0) is 0 Å². The molecule has 0 aromatic heterocycles. The molecule has 3 nitrogen and oxygen atoms in total. The SMILES string of the molecule is NCCCN1CCN(C2CCCCCC2)CC1. The summed E-state index contributed by atoms with van der Waals surface area (Å²) in [7, 11) is 0. The molecule has 0 atom stereocenters. The minimum atomic E-state index is 0.836. The molecule has 0 unspecified atom stereocenters. The lowest BCUT2D eigenvalue weighted by molar-refractivity contribution is 0.0887. The summed E-state index contributed by atoms with van der Waals surface area (Å²) in [6.07, 6.45) is 9.89. The van der Waals surface area contributed by atoms with E-state index in [2.05, 4.69) is 9.80 Å². The molecule has 1 saturated carbocycles. The van der Waals surface area contributed by atoms with E-state index in [1.807, 2.05) is 0 Å². The number of nitrogens with two attached hydrogens (primary N) is 1. The molecular formula is C14H29N3. The van der Waals surface area contributed by atoms with Gasteiger partial charge < -0.3 is 10.6 Å². The Hall–Kier alpha value is -0.120. The molecule has 2 N–H and O–H groups in total. The highest BCUT2D eigenvalue weighted by Gasteiger charge is 2.23. The monoisotopic (exact) mass is 239 g/mol. The first-order chi connectivity index (χ1) is 8.40. The van der Waals surface area contributed by atoms with Gasteiger partial charge in [-0.15, -0.1) is 0 Å². The maximum atomic E-state index is 5.57. The molecule has 2 fully saturated rings.